The number of hydroxylamine groups is 1. The quantitative estimate of drug-likeness (QED) is 0.687. The molecule has 6 heteroatoms. The minimum absolute atomic E-state index is 0.183. The fourth-order valence-corrected chi connectivity index (χ4v) is 1.97. The lowest BCUT2D eigenvalue weighted by Crippen LogP contribution is -2.46. The molecule has 1 aromatic rings. The van der Waals surface area contributed by atoms with Crippen molar-refractivity contribution in [1.82, 2.24) is 15.8 Å². The second-order valence-corrected chi connectivity index (χ2v) is 4.83. The largest absolute Gasteiger partial charge is 0.478 e. The molecule has 1 aliphatic heterocycles. The fraction of sp³-hybridized carbons (Fsp3) is 0.538. The van der Waals surface area contributed by atoms with Gasteiger partial charge in [0, 0.05) is 24.8 Å². The summed E-state index contributed by atoms with van der Waals surface area (Å²) in [5.41, 5.74) is 3.90. The highest BCUT2D eigenvalue weighted by Crippen LogP contribution is 2.08. The number of hydrogen-bond donors (Lipinski definition) is 3. The van der Waals surface area contributed by atoms with E-state index in [4.69, 9.17) is 9.94 Å². The molecular formula is C13H19N3O3. The van der Waals surface area contributed by atoms with Gasteiger partial charge in [0.15, 0.2) is 0 Å². The van der Waals surface area contributed by atoms with Crippen LogP contribution in [0.1, 0.15) is 35.8 Å². The SMILES string of the molecule is C[C@@H]1CC[C@@H](NOCc2ccc(C(=O)O)cn2)CN1. The molecule has 0 saturated carbocycles. The van der Waals surface area contributed by atoms with Crippen molar-refractivity contribution >= 4 is 5.97 Å². The average molecular weight is 265 g/mol. The number of carbonyl (C=O) groups is 1. The molecule has 0 amide bonds. The van der Waals surface area contributed by atoms with Crippen molar-refractivity contribution in [2.75, 3.05) is 6.54 Å². The van der Waals surface area contributed by atoms with E-state index in [1.807, 2.05) is 0 Å². The van der Waals surface area contributed by atoms with Crippen LogP contribution >= 0.6 is 0 Å². The van der Waals surface area contributed by atoms with Gasteiger partial charge in [-0.15, -0.1) is 0 Å². The zero-order valence-electron chi connectivity index (χ0n) is 10.9. The number of hydrogen-bond acceptors (Lipinski definition) is 5. The molecule has 2 heterocycles. The highest BCUT2D eigenvalue weighted by Gasteiger charge is 2.17. The lowest BCUT2D eigenvalue weighted by molar-refractivity contribution is -0.00498. The predicted octanol–water partition coefficient (Wildman–Crippen LogP) is 0.942. The summed E-state index contributed by atoms with van der Waals surface area (Å²) in [5.74, 6) is -0.972. The summed E-state index contributed by atoms with van der Waals surface area (Å²) in [4.78, 5) is 20.1. The monoisotopic (exact) mass is 265 g/mol. The molecule has 1 fully saturated rings. The molecule has 3 N–H and O–H groups in total. The smallest absolute Gasteiger partial charge is 0.337 e. The van der Waals surface area contributed by atoms with Crippen molar-refractivity contribution in [3.63, 3.8) is 0 Å². The fourth-order valence-electron chi connectivity index (χ4n) is 1.97. The second-order valence-electron chi connectivity index (χ2n) is 4.83. The number of carboxylic acids is 1. The van der Waals surface area contributed by atoms with Crippen molar-refractivity contribution in [2.24, 2.45) is 0 Å². The molecule has 0 unspecified atom stereocenters. The lowest BCUT2D eigenvalue weighted by Gasteiger charge is -2.27. The van der Waals surface area contributed by atoms with Crippen molar-refractivity contribution < 1.29 is 14.7 Å². The molecule has 1 aliphatic rings. The normalized spacial score (nSPS) is 23.2. The predicted molar refractivity (Wildman–Crippen MR) is 69.6 cm³/mol. The van der Waals surface area contributed by atoms with E-state index in [0.717, 1.165) is 19.4 Å². The Hall–Kier alpha value is -1.50. The zero-order chi connectivity index (χ0) is 13.7. The molecule has 0 bridgehead atoms. The van der Waals surface area contributed by atoms with Crippen LogP contribution in [0.4, 0.5) is 0 Å². The van der Waals surface area contributed by atoms with Crippen LogP contribution in [0.2, 0.25) is 0 Å². The maximum atomic E-state index is 10.7. The van der Waals surface area contributed by atoms with Gasteiger partial charge in [0.25, 0.3) is 0 Å². The second kappa shape index (κ2) is 6.60. The van der Waals surface area contributed by atoms with E-state index in [1.54, 1.807) is 6.07 Å². The van der Waals surface area contributed by atoms with E-state index < -0.39 is 5.97 Å². The molecule has 0 radical (unpaired) electrons. The third kappa shape index (κ3) is 4.27. The number of nitrogens with one attached hydrogen (secondary N) is 2. The van der Waals surface area contributed by atoms with Crippen LogP contribution in [0.25, 0.3) is 0 Å². The summed E-state index contributed by atoms with van der Waals surface area (Å²) in [6.45, 7) is 3.39. The van der Waals surface area contributed by atoms with Gasteiger partial charge in [-0.25, -0.2) is 4.79 Å². The third-order valence-electron chi connectivity index (χ3n) is 3.20. The minimum atomic E-state index is -0.972. The number of piperidine rings is 1. The molecule has 1 aromatic heterocycles. The number of rotatable bonds is 5. The van der Waals surface area contributed by atoms with E-state index in [9.17, 15) is 4.79 Å². The maximum Gasteiger partial charge on any atom is 0.337 e. The molecule has 2 rings (SSSR count). The number of pyridine rings is 1. The number of aromatic carboxylic acids is 1. The summed E-state index contributed by atoms with van der Waals surface area (Å²) < 4.78 is 0. The van der Waals surface area contributed by atoms with Crippen LogP contribution in [0.3, 0.4) is 0 Å². The Kier molecular flexibility index (Phi) is 4.84. The maximum absolute atomic E-state index is 10.7. The first-order valence-corrected chi connectivity index (χ1v) is 6.44. The van der Waals surface area contributed by atoms with Gasteiger partial charge in [-0.2, -0.15) is 5.48 Å². The summed E-state index contributed by atoms with van der Waals surface area (Å²) in [5, 5.41) is 12.1. The first kappa shape index (κ1) is 13.9. The Morgan fingerprint density at radius 2 is 2.42 bits per heavy atom. The van der Waals surface area contributed by atoms with E-state index in [0.29, 0.717) is 24.4 Å². The Labute approximate surface area is 112 Å². The highest BCUT2D eigenvalue weighted by atomic mass is 16.6. The van der Waals surface area contributed by atoms with Crippen LogP contribution in [-0.4, -0.2) is 34.7 Å². The Balaban J connectivity index is 1.72. The molecule has 0 spiro atoms. The van der Waals surface area contributed by atoms with E-state index in [2.05, 4.69) is 22.7 Å². The van der Waals surface area contributed by atoms with Crippen molar-refractivity contribution in [3.05, 3.63) is 29.6 Å². The van der Waals surface area contributed by atoms with Crippen LogP contribution in [-0.2, 0) is 11.4 Å². The van der Waals surface area contributed by atoms with Gasteiger partial charge < -0.3 is 10.4 Å². The Morgan fingerprint density at radius 1 is 1.58 bits per heavy atom. The van der Waals surface area contributed by atoms with Crippen molar-refractivity contribution in [2.45, 2.75) is 38.5 Å². The lowest BCUT2D eigenvalue weighted by atomic mass is 10.0. The van der Waals surface area contributed by atoms with Crippen LogP contribution in [0, 0.1) is 0 Å². The molecule has 6 nitrogen and oxygen atoms in total. The minimum Gasteiger partial charge on any atom is -0.478 e. The molecule has 1 saturated heterocycles. The van der Waals surface area contributed by atoms with Crippen LogP contribution in [0.5, 0.6) is 0 Å². The molecular weight excluding hydrogens is 246 g/mol. The van der Waals surface area contributed by atoms with Gasteiger partial charge >= 0.3 is 5.97 Å². The average Bonchev–Trinajstić information content (AvgIpc) is 2.41. The van der Waals surface area contributed by atoms with Crippen molar-refractivity contribution in [1.29, 1.82) is 0 Å². The number of aromatic nitrogens is 1. The highest BCUT2D eigenvalue weighted by molar-refractivity contribution is 5.87. The topological polar surface area (TPSA) is 83.5 Å². The Morgan fingerprint density at radius 3 is 3.00 bits per heavy atom. The molecule has 0 aromatic carbocycles. The third-order valence-corrected chi connectivity index (χ3v) is 3.20. The van der Waals surface area contributed by atoms with Crippen LogP contribution in [0.15, 0.2) is 18.3 Å². The Bertz CT molecular complexity index is 414. The molecule has 2 atom stereocenters. The van der Waals surface area contributed by atoms with Crippen LogP contribution < -0.4 is 10.8 Å². The van der Waals surface area contributed by atoms with E-state index in [1.165, 1.54) is 12.3 Å². The van der Waals surface area contributed by atoms with E-state index >= 15 is 0 Å². The summed E-state index contributed by atoms with van der Waals surface area (Å²) in [6.07, 6.45) is 3.55. The van der Waals surface area contributed by atoms with E-state index in [-0.39, 0.29) is 5.56 Å². The summed E-state index contributed by atoms with van der Waals surface area (Å²) in [6, 6.07) is 4.07. The zero-order valence-corrected chi connectivity index (χ0v) is 10.9. The van der Waals surface area contributed by atoms with Gasteiger partial charge in [-0.05, 0) is 31.9 Å². The van der Waals surface area contributed by atoms with Gasteiger partial charge in [0.1, 0.15) is 6.61 Å². The number of nitrogens with zero attached hydrogens (tertiary/aromatic N) is 1. The summed E-state index contributed by atoms with van der Waals surface area (Å²) >= 11 is 0. The van der Waals surface area contributed by atoms with Gasteiger partial charge in [-0.1, -0.05) is 0 Å². The standard InChI is InChI=1S/C13H19N3O3/c1-9-2-4-11(7-14-9)16-19-8-12-5-3-10(6-15-12)13(17)18/h3,5-6,9,11,14,16H,2,4,7-8H2,1H3,(H,17,18)/t9-,11-/m1/s1. The first-order chi connectivity index (χ1) is 9.15. The van der Waals surface area contributed by atoms with Gasteiger partial charge in [0.05, 0.1) is 11.3 Å². The van der Waals surface area contributed by atoms with Gasteiger partial charge in [0.2, 0.25) is 0 Å². The van der Waals surface area contributed by atoms with Crippen molar-refractivity contribution in [3.8, 4) is 0 Å². The molecule has 19 heavy (non-hydrogen) atoms. The first-order valence-electron chi connectivity index (χ1n) is 6.44. The molecule has 104 valence electrons. The van der Waals surface area contributed by atoms with Gasteiger partial charge in [-0.3, -0.25) is 9.82 Å². The number of carboxylic acid groups (broad SMARTS) is 1. The molecule has 0 aliphatic carbocycles. The summed E-state index contributed by atoms with van der Waals surface area (Å²) in [7, 11) is 0.